The largest absolute Gasteiger partial charge is 0.322 e. The minimum Gasteiger partial charge on any atom is -0.322 e. The highest BCUT2D eigenvalue weighted by atomic mass is 19.1. The molecule has 1 heterocycles. The van der Waals surface area contributed by atoms with Gasteiger partial charge in [0, 0.05) is 0 Å². The van der Waals surface area contributed by atoms with Gasteiger partial charge in [-0.3, -0.25) is 9.36 Å². The van der Waals surface area contributed by atoms with Gasteiger partial charge in [0.05, 0.1) is 22.6 Å². The number of fused-ring (bicyclic) bond motifs is 1. The standard InChI is InChI=1S/C17H16FN3O.C13H29N.C2H6.CH2O/c1-10-3-8-15-14(9-10)17(22)21(16(20-15)11(2)19)13-6-4-12(18)5-7-13;1-4-5-6-7-8-9-10-11-12-13-14(2)3;2*1-2/h3-9,11H,19H2,1-2H3;4-13H2,1-3H3;1-2H3;1H2. The Morgan fingerprint density at radius 3 is 1.95 bits per heavy atom. The van der Waals surface area contributed by atoms with Crippen molar-refractivity contribution in [3.8, 4) is 5.69 Å². The molecule has 2 N–H and O–H groups in total. The number of aromatic nitrogens is 2. The summed E-state index contributed by atoms with van der Waals surface area (Å²) in [4.78, 5) is 27.7. The Hall–Kier alpha value is -2.90. The fraction of sp³-hybridized carbons (Fsp3) is 0.545. The van der Waals surface area contributed by atoms with E-state index in [0.29, 0.717) is 22.4 Å². The van der Waals surface area contributed by atoms with Crippen LogP contribution in [0.5, 0.6) is 0 Å². The Morgan fingerprint density at radius 2 is 1.45 bits per heavy atom. The van der Waals surface area contributed by atoms with E-state index in [1.54, 1.807) is 25.1 Å². The van der Waals surface area contributed by atoms with Crippen LogP contribution in [0.2, 0.25) is 0 Å². The number of carbonyl (C=O) groups is 1. The lowest BCUT2D eigenvalue weighted by Crippen LogP contribution is -2.27. The van der Waals surface area contributed by atoms with E-state index in [9.17, 15) is 9.18 Å². The van der Waals surface area contributed by atoms with Gasteiger partial charge in [-0.05, 0) is 77.3 Å². The molecule has 7 heteroatoms. The van der Waals surface area contributed by atoms with E-state index in [-0.39, 0.29) is 11.4 Å². The Labute approximate surface area is 241 Å². The number of hydrogen-bond donors (Lipinski definition) is 1. The second-order valence-corrected chi connectivity index (χ2v) is 10.0. The van der Waals surface area contributed by atoms with E-state index in [1.807, 2.05) is 39.7 Å². The van der Waals surface area contributed by atoms with Crippen LogP contribution in [0.4, 0.5) is 4.39 Å². The summed E-state index contributed by atoms with van der Waals surface area (Å²) in [5, 5.41) is 0.522. The number of nitrogens with two attached hydrogens (primary N) is 1. The SMILES string of the molecule is C=O.CC.CCCCCCCCCCCN(C)C.Cc1ccc2nc(C(C)N)n(-c3ccc(F)cc3)c(=O)c2c1. The van der Waals surface area contributed by atoms with Gasteiger partial charge in [0.1, 0.15) is 18.4 Å². The highest BCUT2D eigenvalue weighted by Crippen LogP contribution is 2.18. The number of unbranched alkanes of at least 4 members (excludes halogenated alkanes) is 8. The summed E-state index contributed by atoms with van der Waals surface area (Å²) in [6.45, 7) is 13.2. The molecule has 2 aromatic carbocycles. The van der Waals surface area contributed by atoms with Crippen LogP contribution in [0, 0.1) is 12.7 Å². The molecule has 3 rings (SSSR count). The Kier molecular flexibility index (Phi) is 20.3. The molecule has 0 aliphatic carbocycles. The molecule has 0 spiro atoms. The van der Waals surface area contributed by atoms with Gasteiger partial charge in [-0.1, -0.05) is 83.8 Å². The Bertz CT molecular complexity index is 1130. The molecule has 1 unspecified atom stereocenters. The third-order valence-electron chi connectivity index (χ3n) is 6.25. The maximum Gasteiger partial charge on any atom is 0.266 e. The molecule has 1 atom stereocenters. The normalized spacial score (nSPS) is 11.1. The summed E-state index contributed by atoms with van der Waals surface area (Å²) in [6, 6.07) is 10.8. The van der Waals surface area contributed by atoms with E-state index in [0.717, 1.165) is 5.56 Å². The van der Waals surface area contributed by atoms with E-state index in [1.165, 1.54) is 81.0 Å². The fourth-order valence-corrected chi connectivity index (χ4v) is 4.20. The highest BCUT2D eigenvalue weighted by Gasteiger charge is 2.15. The first-order valence-corrected chi connectivity index (χ1v) is 14.7. The molecule has 0 fully saturated rings. The zero-order chi connectivity index (χ0) is 30.5. The van der Waals surface area contributed by atoms with Crippen molar-refractivity contribution in [1.82, 2.24) is 14.5 Å². The molecule has 0 amide bonds. The molecule has 0 bridgehead atoms. The Morgan fingerprint density at radius 1 is 0.925 bits per heavy atom. The predicted octanol–water partition coefficient (Wildman–Crippen LogP) is 7.77. The smallest absolute Gasteiger partial charge is 0.266 e. The van der Waals surface area contributed by atoms with Crippen LogP contribution in [0.15, 0.2) is 47.3 Å². The molecule has 0 aliphatic heterocycles. The molecular weight excluding hydrogens is 503 g/mol. The summed E-state index contributed by atoms with van der Waals surface area (Å²) in [5.74, 6) is 0.0942. The van der Waals surface area contributed by atoms with Crippen molar-refractivity contribution >= 4 is 17.7 Å². The number of nitrogens with zero attached hydrogens (tertiary/aromatic N) is 3. The van der Waals surface area contributed by atoms with Crippen molar-refractivity contribution < 1.29 is 9.18 Å². The number of carbonyl (C=O) groups excluding carboxylic acids is 1. The van der Waals surface area contributed by atoms with Crippen molar-refractivity contribution in [3.63, 3.8) is 0 Å². The topological polar surface area (TPSA) is 81.2 Å². The highest BCUT2D eigenvalue weighted by molar-refractivity contribution is 5.78. The van der Waals surface area contributed by atoms with Gasteiger partial charge in [0.2, 0.25) is 0 Å². The zero-order valence-corrected chi connectivity index (χ0v) is 26.0. The molecule has 3 aromatic rings. The summed E-state index contributed by atoms with van der Waals surface area (Å²) < 4.78 is 14.6. The first-order valence-electron chi connectivity index (χ1n) is 14.7. The predicted molar refractivity (Wildman–Crippen MR) is 169 cm³/mol. The number of benzene rings is 2. The van der Waals surface area contributed by atoms with Crippen molar-refractivity contribution in [1.29, 1.82) is 0 Å². The monoisotopic (exact) mass is 556 g/mol. The number of hydrogen-bond acceptors (Lipinski definition) is 5. The molecule has 224 valence electrons. The summed E-state index contributed by atoms with van der Waals surface area (Å²) >= 11 is 0. The van der Waals surface area contributed by atoms with E-state index in [4.69, 9.17) is 10.5 Å². The summed E-state index contributed by atoms with van der Waals surface area (Å²) in [5.41, 5.74) is 7.91. The lowest BCUT2D eigenvalue weighted by molar-refractivity contribution is -0.0980. The molecule has 1 aromatic heterocycles. The minimum absolute atomic E-state index is 0.201. The number of rotatable bonds is 12. The van der Waals surface area contributed by atoms with Crippen LogP contribution in [0.1, 0.15) is 103 Å². The van der Waals surface area contributed by atoms with Gasteiger partial charge in [-0.15, -0.1) is 0 Å². The van der Waals surface area contributed by atoms with Crippen molar-refractivity contribution in [2.45, 2.75) is 98.4 Å². The van der Waals surface area contributed by atoms with Gasteiger partial charge in [0.15, 0.2) is 0 Å². The number of halogens is 1. The quantitative estimate of drug-likeness (QED) is 0.230. The molecule has 0 radical (unpaired) electrons. The van der Waals surface area contributed by atoms with E-state index in [2.05, 4.69) is 30.9 Å². The lowest BCUT2D eigenvalue weighted by atomic mass is 10.1. The first kappa shape index (κ1) is 37.1. The first-order chi connectivity index (χ1) is 19.2. The average molecular weight is 557 g/mol. The minimum atomic E-state index is -0.427. The third kappa shape index (κ3) is 13.4. The molecule has 0 saturated heterocycles. The molecule has 0 saturated carbocycles. The fourth-order valence-electron chi connectivity index (χ4n) is 4.20. The molecule has 6 nitrogen and oxygen atoms in total. The lowest BCUT2D eigenvalue weighted by Gasteiger charge is -2.16. The van der Waals surface area contributed by atoms with E-state index < -0.39 is 6.04 Å². The van der Waals surface area contributed by atoms with Gasteiger partial charge in [0.25, 0.3) is 5.56 Å². The van der Waals surface area contributed by atoms with Crippen molar-refractivity contribution in [3.05, 3.63) is 70.0 Å². The van der Waals surface area contributed by atoms with Gasteiger partial charge in [-0.2, -0.15) is 0 Å². The van der Waals surface area contributed by atoms with Crippen molar-refractivity contribution in [2.75, 3.05) is 20.6 Å². The molecule has 0 aliphatic rings. The van der Waals surface area contributed by atoms with E-state index >= 15 is 0 Å². The molecular formula is C33H53FN4O2. The van der Waals surface area contributed by atoms with Gasteiger partial charge in [-0.25, -0.2) is 9.37 Å². The third-order valence-corrected chi connectivity index (χ3v) is 6.25. The molecule has 40 heavy (non-hydrogen) atoms. The van der Waals surface area contributed by atoms with Crippen LogP contribution in [-0.2, 0) is 4.79 Å². The summed E-state index contributed by atoms with van der Waals surface area (Å²) in [7, 11) is 4.31. The van der Waals surface area contributed by atoms with Crippen LogP contribution in [-0.4, -0.2) is 41.9 Å². The number of aryl methyl sites for hydroxylation is 1. The van der Waals surface area contributed by atoms with Gasteiger partial charge >= 0.3 is 0 Å². The Balaban J connectivity index is 0.000000736. The second kappa shape index (κ2) is 21.9. The van der Waals surface area contributed by atoms with Gasteiger partial charge < -0.3 is 15.4 Å². The second-order valence-electron chi connectivity index (χ2n) is 10.0. The van der Waals surface area contributed by atoms with Crippen LogP contribution in [0.3, 0.4) is 0 Å². The maximum atomic E-state index is 13.1. The zero-order valence-electron chi connectivity index (χ0n) is 26.0. The van der Waals surface area contributed by atoms with Crippen LogP contribution < -0.4 is 11.3 Å². The van der Waals surface area contributed by atoms with Crippen LogP contribution in [0.25, 0.3) is 16.6 Å². The summed E-state index contributed by atoms with van der Waals surface area (Å²) in [6.07, 6.45) is 12.9. The average Bonchev–Trinajstić information content (AvgIpc) is 2.95. The van der Waals surface area contributed by atoms with Crippen molar-refractivity contribution in [2.24, 2.45) is 5.73 Å². The van der Waals surface area contributed by atoms with Crippen LogP contribution >= 0.6 is 0 Å². The maximum absolute atomic E-state index is 13.1.